The van der Waals surface area contributed by atoms with Crippen LogP contribution in [-0.2, 0) is 14.3 Å². The summed E-state index contributed by atoms with van der Waals surface area (Å²) in [6, 6.07) is 11.0. The number of rotatable bonds is 3. The van der Waals surface area contributed by atoms with Gasteiger partial charge in [-0.1, -0.05) is 24.3 Å². The summed E-state index contributed by atoms with van der Waals surface area (Å²) in [6.07, 6.45) is 3.03. The second-order valence-electron chi connectivity index (χ2n) is 4.15. The number of fused-ring (bicyclic) bond motifs is 1. The highest BCUT2D eigenvalue weighted by Gasteiger charge is 2.13. The summed E-state index contributed by atoms with van der Waals surface area (Å²) in [5, 5.41) is 0. The van der Waals surface area contributed by atoms with Crippen LogP contribution in [0.5, 0.6) is 5.75 Å². The molecular weight excluding hydrogens is 256 g/mol. The molecule has 4 nitrogen and oxygen atoms in total. The first-order valence-electron chi connectivity index (χ1n) is 6.08. The van der Waals surface area contributed by atoms with E-state index in [2.05, 4.69) is 4.74 Å². The standard InChI is InChI=1S/C16H14O4/c1-11(17)20-15-9-8-13-12(7-10-16(18)19-2)5-3-4-6-14(13)15/h3-10H,1-2H3/b10-7+. The van der Waals surface area contributed by atoms with Gasteiger partial charge in [0.1, 0.15) is 5.75 Å². The lowest BCUT2D eigenvalue weighted by atomic mass is 10.1. The lowest BCUT2D eigenvalue weighted by molar-refractivity contribution is -0.135. The molecule has 4 heteroatoms. The predicted octanol–water partition coefficient (Wildman–Crippen LogP) is 2.90. The number of hydrogen-bond donors (Lipinski definition) is 0. The Labute approximate surface area is 117 Å². The highest BCUT2D eigenvalue weighted by Crippen LogP contribution is 2.36. The number of esters is 2. The van der Waals surface area contributed by atoms with E-state index >= 15 is 0 Å². The normalized spacial score (nSPS) is 10.7. The van der Waals surface area contributed by atoms with Gasteiger partial charge in [0.25, 0.3) is 0 Å². The van der Waals surface area contributed by atoms with Crippen molar-refractivity contribution < 1.29 is 19.1 Å². The Morgan fingerprint density at radius 1 is 1.05 bits per heavy atom. The molecule has 0 saturated carbocycles. The topological polar surface area (TPSA) is 52.6 Å². The van der Waals surface area contributed by atoms with Crippen LogP contribution in [0.2, 0.25) is 0 Å². The first-order valence-corrected chi connectivity index (χ1v) is 6.08. The lowest BCUT2D eigenvalue weighted by Crippen LogP contribution is -2.00. The SMILES string of the molecule is COC(=O)/C=C/c1ccccc2c(OC(C)=O)ccc1-2. The van der Waals surface area contributed by atoms with Crippen LogP contribution in [-0.4, -0.2) is 19.0 Å². The average molecular weight is 270 g/mol. The minimum Gasteiger partial charge on any atom is -0.466 e. The van der Waals surface area contributed by atoms with E-state index in [-0.39, 0.29) is 5.97 Å². The summed E-state index contributed by atoms with van der Waals surface area (Å²) in [5.41, 5.74) is 2.55. The third-order valence-electron chi connectivity index (χ3n) is 2.77. The van der Waals surface area contributed by atoms with Gasteiger partial charge in [0.05, 0.1) is 7.11 Å². The zero-order valence-corrected chi connectivity index (χ0v) is 11.3. The van der Waals surface area contributed by atoms with Crippen LogP contribution >= 0.6 is 0 Å². The minimum absolute atomic E-state index is 0.365. The Morgan fingerprint density at radius 2 is 1.80 bits per heavy atom. The second kappa shape index (κ2) is 6.02. The molecule has 2 aliphatic carbocycles. The van der Waals surface area contributed by atoms with Crippen molar-refractivity contribution in [2.24, 2.45) is 0 Å². The first kappa shape index (κ1) is 13.8. The summed E-state index contributed by atoms with van der Waals surface area (Å²) in [5.74, 6) is -0.275. The maximum atomic E-state index is 11.2. The monoisotopic (exact) mass is 270 g/mol. The Kier molecular flexibility index (Phi) is 4.15. The van der Waals surface area contributed by atoms with E-state index in [1.807, 2.05) is 30.3 Å². The quantitative estimate of drug-likeness (QED) is 0.635. The fourth-order valence-electron chi connectivity index (χ4n) is 1.91. The molecule has 0 amide bonds. The van der Waals surface area contributed by atoms with Crippen molar-refractivity contribution >= 4 is 18.0 Å². The fraction of sp³-hybridized carbons (Fsp3) is 0.125. The van der Waals surface area contributed by atoms with E-state index in [1.165, 1.54) is 20.1 Å². The van der Waals surface area contributed by atoms with E-state index in [0.717, 1.165) is 16.7 Å². The molecule has 2 aliphatic rings. The summed E-state index contributed by atoms with van der Waals surface area (Å²) < 4.78 is 9.73. The Morgan fingerprint density at radius 3 is 2.50 bits per heavy atom. The van der Waals surface area contributed by atoms with Gasteiger partial charge in [-0.15, -0.1) is 0 Å². The number of carbonyl (C=O) groups is 2. The molecule has 0 heterocycles. The van der Waals surface area contributed by atoms with Crippen molar-refractivity contribution in [1.82, 2.24) is 0 Å². The van der Waals surface area contributed by atoms with E-state index < -0.39 is 5.97 Å². The number of methoxy groups -OCH3 is 1. The number of ether oxygens (including phenoxy) is 2. The molecule has 0 aromatic heterocycles. The smallest absolute Gasteiger partial charge is 0.330 e. The van der Waals surface area contributed by atoms with Crippen molar-refractivity contribution in [2.75, 3.05) is 7.11 Å². The van der Waals surface area contributed by atoms with Gasteiger partial charge in [-0.3, -0.25) is 4.79 Å². The van der Waals surface area contributed by atoms with Crippen molar-refractivity contribution in [1.29, 1.82) is 0 Å². The molecule has 0 radical (unpaired) electrons. The summed E-state index contributed by atoms with van der Waals surface area (Å²) >= 11 is 0. The van der Waals surface area contributed by atoms with Crippen LogP contribution < -0.4 is 4.74 Å². The van der Waals surface area contributed by atoms with Gasteiger partial charge in [-0.05, 0) is 29.3 Å². The number of carbonyl (C=O) groups excluding carboxylic acids is 2. The second-order valence-corrected chi connectivity index (χ2v) is 4.15. The zero-order chi connectivity index (χ0) is 14.5. The Balaban J connectivity index is 2.42. The van der Waals surface area contributed by atoms with Crippen LogP contribution in [0, 0.1) is 0 Å². The van der Waals surface area contributed by atoms with Crippen molar-refractivity contribution in [3.05, 3.63) is 48.0 Å². The van der Waals surface area contributed by atoms with Gasteiger partial charge in [0.2, 0.25) is 0 Å². The van der Waals surface area contributed by atoms with Crippen LogP contribution in [0.15, 0.2) is 42.5 Å². The molecule has 0 bridgehead atoms. The molecule has 0 fully saturated rings. The van der Waals surface area contributed by atoms with E-state index in [0.29, 0.717) is 5.75 Å². The Bertz CT molecular complexity index is 643. The van der Waals surface area contributed by atoms with Gasteiger partial charge in [0.15, 0.2) is 0 Å². The molecule has 0 saturated heterocycles. The molecule has 0 unspecified atom stereocenters. The molecule has 102 valence electrons. The Hall–Kier alpha value is -2.62. The van der Waals surface area contributed by atoms with Gasteiger partial charge in [-0.2, -0.15) is 0 Å². The fourth-order valence-corrected chi connectivity index (χ4v) is 1.91. The zero-order valence-electron chi connectivity index (χ0n) is 11.3. The molecule has 2 rings (SSSR count). The third-order valence-corrected chi connectivity index (χ3v) is 2.77. The highest BCUT2D eigenvalue weighted by atomic mass is 16.5. The van der Waals surface area contributed by atoms with E-state index in [4.69, 9.17) is 4.74 Å². The third kappa shape index (κ3) is 3.03. The van der Waals surface area contributed by atoms with Crippen LogP contribution in [0.1, 0.15) is 12.5 Å². The van der Waals surface area contributed by atoms with Crippen LogP contribution in [0.25, 0.3) is 17.2 Å². The van der Waals surface area contributed by atoms with Crippen LogP contribution in [0.3, 0.4) is 0 Å². The molecule has 0 aliphatic heterocycles. The molecule has 0 atom stereocenters. The average Bonchev–Trinajstić information content (AvgIpc) is 2.69. The van der Waals surface area contributed by atoms with Crippen LogP contribution in [0.4, 0.5) is 0 Å². The largest absolute Gasteiger partial charge is 0.466 e. The van der Waals surface area contributed by atoms with Gasteiger partial charge in [-0.25, -0.2) is 4.79 Å². The van der Waals surface area contributed by atoms with Gasteiger partial charge in [0, 0.05) is 18.6 Å². The molecule has 0 aromatic carbocycles. The molecule has 20 heavy (non-hydrogen) atoms. The van der Waals surface area contributed by atoms with Gasteiger partial charge >= 0.3 is 11.9 Å². The van der Waals surface area contributed by atoms with Crippen molar-refractivity contribution in [3.63, 3.8) is 0 Å². The highest BCUT2D eigenvalue weighted by molar-refractivity contribution is 5.90. The van der Waals surface area contributed by atoms with E-state index in [1.54, 1.807) is 12.1 Å². The summed E-state index contributed by atoms with van der Waals surface area (Å²) in [6.45, 7) is 1.36. The molecular formula is C16H14O4. The summed E-state index contributed by atoms with van der Waals surface area (Å²) in [4.78, 5) is 22.2. The minimum atomic E-state index is -0.420. The maximum Gasteiger partial charge on any atom is 0.330 e. The van der Waals surface area contributed by atoms with Crippen molar-refractivity contribution in [3.8, 4) is 16.9 Å². The van der Waals surface area contributed by atoms with Crippen molar-refractivity contribution in [2.45, 2.75) is 6.92 Å². The predicted molar refractivity (Wildman–Crippen MR) is 75.4 cm³/mol. The number of hydrogen-bond acceptors (Lipinski definition) is 4. The summed E-state index contributed by atoms with van der Waals surface area (Å²) in [7, 11) is 1.33. The van der Waals surface area contributed by atoms with E-state index in [9.17, 15) is 9.59 Å². The lowest BCUT2D eigenvalue weighted by Gasteiger charge is -2.02. The molecule has 0 spiro atoms. The molecule has 0 N–H and O–H groups in total. The van der Waals surface area contributed by atoms with Gasteiger partial charge < -0.3 is 9.47 Å². The molecule has 0 aromatic rings. The first-order chi connectivity index (χ1) is 9.61. The maximum absolute atomic E-state index is 11.2.